The van der Waals surface area contributed by atoms with Gasteiger partial charge in [-0.3, -0.25) is 19.7 Å². The van der Waals surface area contributed by atoms with Gasteiger partial charge in [0.05, 0.1) is 10.4 Å². The number of imide groups is 1. The fourth-order valence-corrected chi connectivity index (χ4v) is 2.98. The molecule has 0 atom stereocenters. The maximum atomic E-state index is 12.3. The first kappa shape index (κ1) is 19.2. The number of carbonyl (C=O) groups is 4. The Labute approximate surface area is 164 Å². The van der Waals surface area contributed by atoms with E-state index in [4.69, 9.17) is 4.74 Å². The molecule has 0 fully saturated rings. The Morgan fingerprint density at radius 2 is 1.43 bits per heavy atom. The number of hydrogen-bond acceptors (Lipinski definition) is 6. The van der Waals surface area contributed by atoms with Gasteiger partial charge in [-0.15, -0.1) is 11.3 Å². The van der Waals surface area contributed by atoms with Crippen molar-refractivity contribution in [2.45, 2.75) is 0 Å². The molecule has 3 aromatic rings. The number of benzene rings is 2. The van der Waals surface area contributed by atoms with Crippen LogP contribution in [0.2, 0.25) is 0 Å². The summed E-state index contributed by atoms with van der Waals surface area (Å²) in [6.45, 7) is -0.583. The van der Waals surface area contributed by atoms with Crippen LogP contribution in [0.1, 0.15) is 36.0 Å². The molecular weight excluding hydrogens is 378 g/mol. The molecule has 28 heavy (non-hydrogen) atoms. The van der Waals surface area contributed by atoms with Crippen LogP contribution in [0.25, 0.3) is 0 Å². The van der Waals surface area contributed by atoms with Crippen molar-refractivity contribution in [1.29, 1.82) is 0 Å². The number of ether oxygens (including phenoxy) is 1. The van der Waals surface area contributed by atoms with Crippen LogP contribution in [-0.4, -0.2) is 30.2 Å². The number of nitrogens with one attached hydrogen (secondary N) is 1. The molecule has 2 aromatic carbocycles. The highest BCUT2D eigenvalue weighted by atomic mass is 32.1. The fourth-order valence-electron chi connectivity index (χ4n) is 2.36. The molecule has 3 rings (SSSR count). The summed E-state index contributed by atoms with van der Waals surface area (Å²) in [5.74, 6) is -2.15. The van der Waals surface area contributed by atoms with Gasteiger partial charge in [-0.2, -0.15) is 0 Å². The second-order valence-corrected chi connectivity index (χ2v) is 6.65. The lowest BCUT2D eigenvalue weighted by Gasteiger charge is -2.06. The van der Waals surface area contributed by atoms with E-state index in [1.165, 1.54) is 35.6 Å². The van der Waals surface area contributed by atoms with Gasteiger partial charge < -0.3 is 4.74 Å². The highest BCUT2D eigenvalue weighted by Gasteiger charge is 2.15. The van der Waals surface area contributed by atoms with E-state index in [2.05, 4.69) is 5.32 Å². The number of carbonyl (C=O) groups excluding carboxylic acids is 4. The van der Waals surface area contributed by atoms with Crippen LogP contribution in [0.4, 0.5) is 0 Å². The summed E-state index contributed by atoms with van der Waals surface area (Å²) < 4.78 is 4.91. The Bertz CT molecular complexity index is 995. The summed E-state index contributed by atoms with van der Waals surface area (Å²) in [5.41, 5.74) is 1.17. The van der Waals surface area contributed by atoms with Crippen molar-refractivity contribution in [2.24, 2.45) is 0 Å². The summed E-state index contributed by atoms with van der Waals surface area (Å²) in [5, 5.41) is 3.86. The first-order valence-corrected chi connectivity index (χ1v) is 9.17. The van der Waals surface area contributed by atoms with Crippen LogP contribution in [0.15, 0.2) is 72.1 Å². The molecule has 7 heteroatoms. The molecule has 0 unspecified atom stereocenters. The molecule has 0 saturated heterocycles. The first-order valence-electron chi connectivity index (χ1n) is 8.29. The molecule has 1 N–H and O–H groups in total. The van der Waals surface area contributed by atoms with Crippen molar-refractivity contribution < 1.29 is 23.9 Å². The molecule has 0 radical (unpaired) electrons. The minimum atomic E-state index is -0.725. The number of ketones is 1. The molecule has 0 saturated carbocycles. The lowest BCUT2D eigenvalue weighted by molar-refractivity contribution is -0.123. The van der Waals surface area contributed by atoms with Gasteiger partial charge in [0.2, 0.25) is 0 Å². The lowest BCUT2D eigenvalue weighted by Crippen LogP contribution is -2.33. The zero-order valence-corrected chi connectivity index (χ0v) is 15.4. The SMILES string of the molecule is O=C(COC(=O)c1ccc(C(=O)c2ccccc2)cc1)NC(=O)c1cccs1. The van der Waals surface area contributed by atoms with Crippen LogP contribution in [0.3, 0.4) is 0 Å². The van der Waals surface area contributed by atoms with E-state index in [0.717, 1.165) is 0 Å². The normalized spacial score (nSPS) is 10.1. The topological polar surface area (TPSA) is 89.5 Å². The molecule has 0 bridgehead atoms. The summed E-state index contributed by atoms with van der Waals surface area (Å²) in [4.78, 5) is 48.3. The molecular formula is C21H15NO5S. The first-order chi connectivity index (χ1) is 13.5. The maximum Gasteiger partial charge on any atom is 0.338 e. The zero-order valence-electron chi connectivity index (χ0n) is 14.6. The Kier molecular flexibility index (Phi) is 6.08. The van der Waals surface area contributed by atoms with Crippen molar-refractivity contribution in [3.8, 4) is 0 Å². The van der Waals surface area contributed by atoms with E-state index in [1.54, 1.807) is 41.8 Å². The summed E-state index contributed by atoms with van der Waals surface area (Å²) in [6, 6.07) is 18.0. The van der Waals surface area contributed by atoms with Crippen LogP contribution >= 0.6 is 11.3 Å². The minimum Gasteiger partial charge on any atom is -0.452 e. The van der Waals surface area contributed by atoms with E-state index in [0.29, 0.717) is 16.0 Å². The van der Waals surface area contributed by atoms with Gasteiger partial charge >= 0.3 is 5.97 Å². The number of esters is 1. The molecule has 1 heterocycles. The van der Waals surface area contributed by atoms with Crippen molar-refractivity contribution in [3.63, 3.8) is 0 Å². The zero-order chi connectivity index (χ0) is 19.9. The van der Waals surface area contributed by atoms with Gasteiger partial charge in [0.25, 0.3) is 11.8 Å². The Hall–Kier alpha value is -3.58. The van der Waals surface area contributed by atoms with Crippen molar-refractivity contribution >= 4 is 34.9 Å². The van der Waals surface area contributed by atoms with Gasteiger partial charge in [0.15, 0.2) is 12.4 Å². The van der Waals surface area contributed by atoms with E-state index in [1.807, 2.05) is 6.07 Å². The maximum absolute atomic E-state index is 12.3. The van der Waals surface area contributed by atoms with Crippen LogP contribution in [-0.2, 0) is 9.53 Å². The number of rotatable bonds is 6. The molecule has 0 aliphatic heterocycles. The molecule has 0 aliphatic carbocycles. The highest BCUT2D eigenvalue weighted by Crippen LogP contribution is 2.12. The molecule has 1 aromatic heterocycles. The largest absolute Gasteiger partial charge is 0.452 e. The van der Waals surface area contributed by atoms with Gasteiger partial charge in [-0.05, 0) is 23.6 Å². The predicted octanol–water partition coefficient (Wildman–Crippen LogP) is 3.09. The van der Waals surface area contributed by atoms with Gasteiger partial charge in [0, 0.05) is 11.1 Å². The van der Waals surface area contributed by atoms with E-state index in [9.17, 15) is 19.2 Å². The van der Waals surface area contributed by atoms with E-state index >= 15 is 0 Å². The van der Waals surface area contributed by atoms with Gasteiger partial charge in [-0.25, -0.2) is 4.79 Å². The number of hydrogen-bond donors (Lipinski definition) is 1. The average molecular weight is 393 g/mol. The van der Waals surface area contributed by atoms with Crippen LogP contribution < -0.4 is 5.32 Å². The number of amides is 2. The molecule has 6 nitrogen and oxygen atoms in total. The third kappa shape index (κ3) is 4.77. The Morgan fingerprint density at radius 1 is 0.786 bits per heavy atom. The van der Waals surface area contributed by atoms with E-state index in [-0.39, 0.29) is 11.3 Å². The predicted molar refractivity (Wildman–Crippen MR) is 103 cm³/mol. The van der Waals surface area contributed by atoms with Crippen molar-refractivity contribution in [3.05, 3.63) is 93.7 Å². The van der Waals surface area contributed by atoms with E-state index < -0.39 is 24.4 Å². The second-order valence-electron chi connectivity index (χ2n) is 5.70. The summed E-state index contributed by atoms with van der Waals surface area (Å²) >= 11 is 1.20. The monoisotopic (exact) mass is 393 g/mol. The van der Waals surface area contributed by atoms with Crippen LogP contribution in [0, 0.1) is 0 Å². The smallest absolute Gasteiger partial charge is 0.338 e. The highest BCUT2D eigenvalue weighted by molar-refractivity contribution is 7.12. The lowest BCUT2D eigenvalue weighted by atomic mass is 10.0. The fraction of sp³-hybridized carbons (Fsp3) is 0.0476. The standard InChI is InChI=1S/C21H15NO5S/c23-18(22-20(25)17-7-4-12-28-17)13-27-21(26)16-10-8-15(9-11-16)19(24)14-5-2-1-3-6-14/h1-12H,13H2,(H,22,23,25). The van der Waals surface area contributed by atoms with Crippen LogP contribution in [0.5, 0.6) is 0 Å². The summed E-state index contributed by atoms with van der Waals surface area (Å²) in [7, 11) is 0. The van der Waals surface area contributed by atoms with Crippen molar-refractivity contribution in [1.82, 2.24) is 5.32 Å². The third-order valence-corrected chi connectivity index (χ3v) is 4.62. The summed E-state index contributed by atoms with van der Waals surface area (Å²) in [6.07, 6.45) is 0. The molecule has 0 aliphatic rings. The molecule has 0 spiro atoms. The average Bonchev–Trinajstić information content (AvgIpc) is 3.27. The molecule has 2 amide bonds. The number of thiophene rings is 1. The third-order valence-electron chi connectivity index (χ3n) is 3.75. The minimum absolute atomic E-state index is 0.160. The van der Waals surface area contributed by atoms with Crippen molar-refractivity contribution in [2.75, 3.05) is 6.61 Å². The van der Waals surface area contributed by atoms with Gasteiger partial charge in [0.1, 0.15) is 0 Å². The quantitative estimate of drug-likeness (QED) is 0.513. The Balaban J connectivity index is 1.54. The molecule has 140 valence electrons. The Morgan fingerprint density at radius 3 is 2.07 bits per heavy atom. The van der Waals surface area contributed by atoms with Gasteiger partial charge in [-0.1, -0.05) is 48.5 Å². The second kappa shape index (κ2) is 8.88.